The minimum absolute atomic E-state index is 0.178. The first-order valence-corrected chi connectivity index (χ1v) is 8.78. The van der Waals surface area contributed by atoms with Gasteiger partial charge in [0.2, 0.25) is 0 Å². The Hall–Kier alpha value is -3.13. The van der Waals surface area contributed by atoms with Crippen molar-refractivity contribution in [2.45, 2.75) is 12.5 Å². The van der Waals surface area contributed by atoms with Crippen LogP contribution in [0.1, 0.15) is 5.56 Å². The van der Waals surface area contributed by atoms with Gasteiger partial charge >= 0.3 is 6.18 Å². The third-order valence-electron chi connectivity index (χ3n) is 4.19. The number of ether oxygens (including phenoxy) is 1. The van der Waals surface area contributed by atoms with Crippen LogP contribution < -0.4 is 20.3 Å². The zero-order chi connectivity index (χ0) is 20.6. The van der Waals surface area contributed by atoms with Crippen LogP contribution in [0.3, 0.4) is 0 Å². The Morgan fingerprint density at radius 1 is 1.00 bits per heavy atom. The molecule has 0 radical (unpaired) electrons. The van der Waals surface area contributed by atoms with Crippen molar-refractivity contribution >= 4 is 23.5 Å². The van der Waals surface area contributed by atoms with Crippen LogP contribution in [0.4, 0.5) is 23.2 Å². The maximum Gasteiger partial charge on any atom is 0.417 e. The van der Waals surface area contributed by atoms with E-state index in [-0.39, 0.29) is 5.75 Å². The number of nitrogens with zero attached hydrogens (tertiary/aromatic N) is 3. The Labute approximate surface area is 167 Å². The van der Waals surface area contributed by atoms with E-state index in [9.17, 15) is 17.6 Å². The highest BCUT2D eigenvalue weighted by Gasteiger charge is 2.35. The average molecular weight is 422 g/mol. The van der Waals surface area contributed by atoms with Crippen molar-refractivity contribution < 1.29 is 22.3 Å². The van der Waals surface area contributed by atoms with Gasteiger partial charge in [0.15, 0.2) is 0 Å². The molecule has 29 heavy (non-hydrogen) atoms. The van der Waals surface area contributed by atoms with E-state index in [4.69, 9.17) is 16.3 Å². The summed E-state index contributed by atoms with van der Waals surface area (Å²) in [5.74, 6) is -0.609. The lowest BCUT2D eigenvalue weighted by Crippen LogP contribution is -2.46. The van der Waals surface area contributed by atoms with Crippen molar-refractivity contribution in [1.82, 2.24) is 4.98 Å². The van der Waals surface area contributed by atoms with Gasteiger partial charge in [-0.25, -0.2) is 9.38 Å². The molecule has 2 aromatic carbocycles. The van der Waals surface area contributed by atoms with Gasteiger partial charge in [0.1, 0.15) is 16.9 Å². The summed E-state index contributed by atoms with van der Waals surface area (Å²) in [6, 6.07) is 12.3. The molecule has 0 saturated carbocycles. The van der Waals surface area contributed by atoms with E-state index in [1.807, 2.05) is 0 Å². The summed E-state index contributed by atoms with van der Waals surface area (Å²) in [5.41, 5.74) is -0.494. The molecule has 4 nitrogen and oxygen atoms in total. The van der Waals surface area contributed by atoms with Gasteiger partial charge in [-0.1, -0.05) is 17.7 Å². The second-order valence-corrected chi connectivity index (χ2v) is 6.49. The lowest BCUT2D eigenvalue weighted by molar-refractivity contribution is -0.137. The standard InChI is InChI=1S/C20H12ClF4N3O/c21-18-14(20(23,24)25)3-1-5-17(18)29-19-27-15-4-2-10-26-16(15)11-28(19)13-8-6-12(22)7-9-13/h1-11,19H. The third kappa shape index (κ3) is 3.88. The van der Waals surface area contributed by atoms with Gasteiger partial charge in [0, 0.05) is 18.1 Å². The SMILES string of the molecule is Fc1ccc(N2C=c3ncccc3=NC2Oc2cccc(C(F)(F)F)c2Cl)cc1. The maximum absolute atomic E-state index is 13.3. The second-order valence-electron chi connectivity index (χ2n) is 6.11. The lowest BCUT2D eigenvalue weighted by Gasteiger charge is -2.30. The van der Waals surface area contributed by atoms with Crippen LogP contribution in [0.15, 0.2) is 65.8 Å². The number of benzene rings is 2. The highest BCUT2D eigenvalue weighted by molar-refractivity contribution is 6.32. The molecule has 0 spiro atoms. The number of anilines is 1. The van der Waals surface area contributed by atoms with Crippen LogP contribution in [0, 0.1) is 5.82 Å². The Morgan fingerprint density at radius 3 is 2.48 bits per heavy atom. The van der Waals surface area contributed by atoms with E-state index >= 15 is 0 Å². The Kier molecular flexibility index (Phi) is 4.87. The minimum atomic E-state index is -4.63. The highest BCUT2D eigenvalue weighted by Crippen LogP contribution is 2.39. The maximum atomic E-state index is 13.3. The van der Waals surface area contributed by atoms with Gasteiger partial charge in [0.25, 0.3) is 6.35 Å². The van der Waals surface area contributed by atoms with E-state index in [0.717, 1.165) is 6.07 Å². The third-order valence-corrected chi connectivity index (χ3v) is 4.58. The first-order chi connectivity index (χ1) is 13.8. The molecule has 1 aromatic heterocycles. The quantitative estimate of drug-likeness (QED) is 0.597. The lowest BCUT2D eigenvalue weighted by atomic mass is 10.2. The van der Waals surface area contributed by atoms with E-state index in [0.29, 0.717) is 16.4 Å². The molecular weight excluding hydrogens is 410 g/mol. The minimum Gasteiger partial charge on any atom is -0.449 e. The van der Waals surface area contributed by atoms with Crippen LogP contribution in [0.2, 0.25) is 5.02 Å². The predicted molar refractivity (Wildman–Crippen MR) is 99.2 cm³/mol. The first-order valence-electron chi connectivity index (χ1n) is 8.40. The fraction of sp³-hybridized carbons (Fsp3) is 0.100. The smallest absolute Gasteiger partial charge is 0.417 e. The van der Waals surface area contributed by atoms with Gasteiger partial charge in [-0.2, -0.15) is 13.2 Å². The zero-order valence-corrected chi connectivity index (χ0v) is 15.3. The molecule has 2 heterocycles. The van der Waals surface area contributed by atoms with Gasteiger partial charge in [-0.05, 0) is 48.5 Å². The summed E-state index contributed by atoms with van der Waals surface area (Å²) in [5, 5.41) is 0.469. The molecule has 1 atom stereocenters. The van der Waals surface area contributed by atoms with Crippen LogP contribution in [-0.2, 0) is 6.18 Å². The highest BCUT2D eigenvalue weighted by atomic mass is 35.5. The molecule has 9 heteroatoms. The largest absolute Gasteiger partial charge is 0.449 e. The molecule has 148 valence electrons. The number of alkyl halides is 3. The Bertz CT molecular complexity index is 1170. The number of hydrogen-bond acceptors (Lipinski definition) is 4. The van der Waals surface area contributed by atoms with Crippen molar-refractivity contribution in [2.24, 2.45) is 4.99 Å². The number of hydrogen-bond donors (Lipinski definition) is 0. The molecule has 1 aliphatic rings. The van der Waals surface area contributed by atoms with Gasteiger partial charge in [-0.15, -0.1) is 0 Å². The number of fused-ring (bicyclic) bond motifs is 1. The monoisotopic (exact) mass is 421 g/mol. The number of rotatable bonds is 3. The summed E-state index contributed by atoms with van der Waals surface area (Å²) in [7, 11) is 0. The molecular formula is C20H12ClF4N3O. The van der Waals surface area contributed by atoms with Crippen molar-refractivity contribution in [3.63, 3.8) is 0 Å². The number of pyridine rings is 1. The van der Waals surface area contributed by atoms with E-state index in [2.05, 4.69) is 9.98 Å². The van der Waals surface area contributed by atoms with E-state index < -0.39 is 28.9 Å². The molecule has 0 saturated heterocycles. The molecule has 1 aliphatic heterocycles. The molecule has 4 rings (SSSR count). The van der Waals surface area contributed by atoms with Crippen molar-refractivity contribution in [3.05, 3.63) is 87.9 Å². The van der Waals surface area contributed by atoms with Crippen molar-refractivity contribution in [1.29, 1.82) is 0 Å². The Balaban J connectivity index is 1.78. The first kappa shape index (κ1) is 19.2. The van der Waals surface area contributed by atoms with Crippen molar-refractivity contribution in [2.75, 3.05) is 4.90 Å². The topological polar surface area (TPSA) is 37.7 Å². The van der Waals surface area contributed by atoms with Crippen LogP contribution in [0.5, 0.6) is 5.75 Å². The fourth-order valence-corrected chi connectivity index (χ4v) is 3.10. The summed E-state index contributed by atoms with van der Waals surface area (Å²) < 4.78 is 58.6. The molecule has 0 aliphatic carbocycles. The second kappa shape index (κ2) is 7.36. The number of aromatic nitrogens is 1. The van der Waals surface area contributed by atoms with Gasteiger partial charge < -0.3 is 4.74 Å². The predicted octanol–water partition coefficient (Wildman–Crippen LogP) is 4.13. The van der Waals surface area contributed by atoms with Crippen LogP contribution in [0.25, 0.3) is 6.20 Å². The molecule has 0 bridgehead atoms. The summed E-state index contributed by atoms with van der Waals surface area (Å²) in [6.07, 6.45) is -2.49. The summed E-state index contributed by atoms with van der Waals surface area (Å²) in [6.45, 7) is 0. The summed E-state index contributed by atoms with van der Waals surface area (Å²) >= 11 is 5.95. The van der Waals surface area contributed by atoms with E-state index in [1.54, 1.807) is 24.5 Å². The molecule has 3 aromatic rings. The fourth-order valence-electron chi connectivity index (χ4n) is 2.83. The van der Waals surface area contributed by atoms with Crippen molar-refractivity contribution in [3.8, 4) is 5.75 Å². The molecule has 1 unspecified atom stereocenters. The van der Waals surface area contributed by atoms with Crippen LogP contribution in [-0.4, -0.2) is 11.3 Å². The molecule has 0 fully saturated rings. The molecule has 0 N–H and O–H groups in total. The zero-order valence-electron chi connectivity index (χ0n) is 14.6. The van der Waals surface area contributed by atoms with Gasteiger partial charge in [-0.3, -0.25) is 9.88 Å². The normalized spacial score (nSPS) is 15.9. The molecule has 0 amide bonds. The summed E-state index contributed by atoms with van der Waals surface area (Å²) in [4.78, 5) is 10.2. The number of halogens is 5. The van der Waals surface area contributed by atoms with Crippen LogP contribution >= 0.6 is 11.6 Å². The van der Waals surface area contributed by atoms with E-state index in [1.165, 1.54) is 41.3 Å². The van der Waals surface area contributed by atoms with Gasteiger partial charge in [0.05, 0.1) is 15.9 Å². The average Bonchev–Trinajstić information content (AvgIpc) is 2.69. The Morgan fingerprint density at radius 2 is 1.76 bits per heavy atom.